The van der Waals surface area contributed by atoms with Gasteiger partial charge in [-0.05, 0) is 24.8 Å². The summed E-state index contributed by atoms with van der Waals surface area (Å²) in [6, 6.07) is 9.59. The molecule has 0 fully saturated rings. The van der Waals surface area contributed by atoms with Gasteiger partial charge in [0.1, 0.15) is 6.10 Å². The number of hydrogen-bond donors (Lipinski definition) is 2. The van der Waals surface area contributed by atoms with E-state index in [-0.39, 0.29) is 0 Å². The van der Waals surface area contributed by atoms with Crippen molar-refractivity contribution in [2.24, 2.45) is 0 Å². The Hall–Kier alpha value is -1.91. The van der Waals surface area contributed by atoms with Crippen LogP contribution in [0.25, 0.3) is 0 Å². The monoisotopic (exact) mass is 275 g/mol. The maximum absolute atomic E-state index is 11.5. The molecule has 1 aromatic carbocycles. The van der Waals surface area contributed by atoms with Gasteiger partial charge in [0.05, 0.1) is 6.61 Å². The molecule has 20 heavy (non-hydrogen) atoms. The van der Waals surface area contributed by atoms with E-state index >= 15 is 0 Å². The van der Waals surface area contributed by atoms with E-state index in [1.54, 1.807) is 11.6 Å². The van der Waals surface area contributed by atoms with Crippen molar-refractivity contribution in [2.75, 3.05) is 0 Å². The second kappa shape index (κ2) is 9.07. The Morgan fingerprint density at radius 2 is 2.10 bits per heavy atom. The molecule has 4 heteroatoms. The van der Waals surface area contributed by atoms with E-state index in [0.717, 1.165) is 24.0 Å². The Kier molecular flexibility index (Phi) is 7.32. The molecule has 0 radical (unpaired) electrons. The summed E-state index contributed by atoms with van der Waals surface area (Å²) >= 11 is 0. The topological polar surface area (TPSA) is 58.6 Å². The lowest BCUT2D eigenvalue weighted by Gasteiger charge is -2.16. The van der Waals surface area contributed by atoms with Gasteiger partial charge >= 0.3 is 0 Å². The molecule has 4 nitrogen and oxygen atoms in total. The van der Waals surface area contributed by atoms with Gasteiger partial charge < -0.3 is 4.74 Å². The number of ether oxygens (including phenoxy) is 1. The normalized spacial score (nSPS) is 11.7. The molecule has 0 bridgehead atoms. The van der Waals surface area contributed by atoms with E-state index in [1.807, 2.05) is 30.3 Å². The zero-order chi connectivity index (χ0) is 14.8. The minimum Gasteiger partial charge on any atom is -0.364 e. The van der Waals surface area contributed by atoms with Gasteiger partial charge in [-0.25, -0.2) is 5.48 Å². The van der Waals surface area contributed by atoms with Gasteiger partial charge in [0.2, 0.25) is 0 Å². The van der Waals surface area contributed by atoms with Gasteiger partial charge in [-0.15, -0.1) is 0 Å². The summed E-state index contributed by atoms with van der Waals surface area (Å²) in [5, 5.41) is 8.74. The predicted molar refractivity (Wildman–Crippen MR) is 78.1 cm³/mol. The second-order valence-electron chi connectivity index (χ2n) is 4.52. The molecule has 0 saturated carbocycles. The van der Waals surface area contributed by atoms with E-state index in [0.29, 0.717) is 13.0 Å². The molecular weight excluding hydrogens is 254 g/mol. The summed E-state index contributed by atoms with van der Waals surface area (Å²) in [5.41, 5.74) is 3.56. The fraction of sp³-hybridized carbons (Fsp3) is 0.312. The lowest BCUT2D eigenvalue weighted by Crippen LogP contribution is -2.34. The maximum atomic E-state index is 11.5. The van der Waals surface area contributed by atoms with Gasteiger partial charge in [0.25, 0.3) is 5.91 Å². The molecule has 108 valence electrons. The van der Waals surface area contributed by atoms with Crippen LogP contribution in [-0.4, -0.2) is 17.2 Å². The Balaban J connectivity index is 2.45. The minimum atomic E-state index is -0.669. The molecule has 0 saturated heterocycles. The molecule has 0 aliphatic rings. The summed E-state index contributed by atoms with van der Waals surface area (Å²) in [4.78, 5) is 11.5. The van der Waals surface area contributed by atoms with Crippen LogP contribution in [0.3, 0.4) is 0 Å². The highest BCUT2D eigenvalue weighted by Crippen LogP contribution is 2.12. The predicted octanol–water partition coefficient (Wildman–Crippen LogP) is 2.99. The highest BCUT2D eigenvalue weighted by atomic mass is 16.5. The van der Waals surface area contributed by atoms with Crippen molar-refractivity contribution in [3.8, 4) is 0 Å². The maximum Gasteiger partial charge on any atom is 0.272 e. The number of hydrogen-bond acceptors (Lipinski definition) is 3. The molecule has 2 N–H and O–H groups in total. The van der Waals surface area contributed by atoms with Gasteiger partial charge in [0, 0.05) is 0 Å². The van der Waals surface area contributed by atoms with E-state index in [2.05, 4.69) is 13.2 Å². The minimum absolute atomic E-state index is 0.335. The molecular formula is C16H21NO3. The van der Waals surface area contributed by atoms with Gasteiger partial charge in [-0.1, -0.05) is 55.1 Å². The van der Waals surface area contributed by atoms with Crippen molar-refractivity contribution >= 4 is 5.91 Å². The first kappa shape index (κ1) is 16.1. The van der Waals surface area contributed by atoms with Crippen molar-refractivity contribution in [1.29, 1.82) is 0 Å². The van der Waals surface area contributed by atoms with Crippen molar-refractivity contribution in [3.63, 3.8) is 0 Å². The lowest BCUT2D eigenvalue weighted by atomic mass is 10.1. The SMILES string of the molecule is C=CC(=C)CCCC(OCc1ccccc1)C(=O)NO. The summed E-state index contributed by atoms with van der Waals surface area (Å²) in [5.74, 6) is -0.523. The Morgan fingerprint density at radius 3 is 2.70 bits per heavy atom. The van der Waals surface area contributed by atoms with Crippen molar-refractivity contribution in [3.05, 3.63) is 60.7 Å². The second-order valence-corrected chi connectivity index (χ2v) is 4.52. The number of allylic oxidation sites excluding steroid dienone is 2. The molecule has 0 aliphatic heterocycles. The number of nitrogens with one attached hydrogen (secondary N) is 1. The molecule has 1 rings (SSSR count). The third-order valence-corrected chi connectivity index (χ3v) is 2.95. The molecule has 0 spiro atoms. The summed E-state index contributed by atoms with van der Waals surface area (Å²) in [6.07, 6.45) is 3.06. The van der Waals surface area contributed by atoms with E-state index < -0.39 is 12.0 Å². The highest BCUT2D eigenvalue weighted by molar-refractivity contribution is 5.79. The number of hydroxylamine groups is 1. The Bertz CT molecular complexity index is 442. The smallest absolute Gasteiger partial charge is 0.272 e. The van der Waals surface area contributed by atoms with Crippen molar-refractivity contribution in [2.45, 2.75) is 32.0 Å². The molecule has 1 amide bonds. The first-order valence-electron chi connectivity index (χ1n) is 6.57. The number of amides is 1. The fourth-order valence-corrected chi connectivity index (χ4v) is 1.75. The number of carbonyl (C=O) groups is 1. The lowest BCUT2D eigenvalue weighted by molar-refractivity contribution is -0.142. The molecule has 0 aromatic heterocycles. The largest absolute Gasteiger partial charge is 0.364 e. The van der Waals surface area contributed by atoms with Crippen LogP contribution in [0.4, 0.5) is 0 Å². The van der Waals surface area contributed by atoms with Crippen LogP contribution in [0, 0.1) is 0 Å². The van der Waals surface area contributed by atoms with E-state index in [9.17, 15) is 4.79 Å². The van der Waals surface area contributed by atoms with E-state index in [1.165, 1.54) is 0 Å². The average Bonchev–Trinajstić information content (AvgIpc) is 2.50. The van der Waals surface area contributed by atoms with Gasteiger partial charge in [-0.3, -0.25) is 10.0 Å². The van der Waals surface area contributed by atoms with Gasteiger partial charge in [0.15, 0.2) is 0 Å². The number of benzene rings is 1. The van der Waals surface area contributed by atoms with Crippen molar-refractivity contribution < 1.29 is 14.7 Å². The first-order chi connectivity index (χ1) is 9.67. The van der Waals surface area contributed by atoms with Crippen LogP contribution in [0.1, 0.15) is 24.8 Å². The molecule has 1 unspecified atom stereocenters. The zero-order valence-electron chi connectivity index (χ0n) is 11.5. The quantitative estimate of drug-likeness (QED) is 0.414. The Labute approximate surface area is 119 Å². The number of rotatable bonds is 9. The van der Waals surface area contributed by atoms with E-state index in [4.69, 9.17) is 9.94 Å². The van der Waals surface area contributed by atoms with Crippen LogP contribution in [0.5, 0.6) is 0 Å². The summed E-state index contributed by atoms with van der Waals surface area (Å²) < 4.78 is 5.57. The third kappa shape index (κ3) is 5.82. The Morgan fingerprint density at radius 1 is 1.40 bits per heavy atom. The molecule has 1 atom stereocenters. The fourth-order valence-electron chi connectivity index (χ4n) is 1.75. The molecule has 0 heterocycles. The van der Waals surface area contributed by atoms with Crippen molar-refractivity contribution in [1.82, 2.24) is 5.48 Å². The zero-order valence-corrected chi connectivity index (χ0v) is 11.5. The average molecular weight is 275 g/mol. The summed E-state index contributed by atoms with van der Waals surface area (Å²) in [6.45, 7) is 7.79. The molecule has 0 aliphatic carbocycles. The summed E-state index contributed by atoms with van der Waals surface area (Å²) in [7, 11) is 0. The third-order valence-electron chi connectivity index (χ3n) is 2.95. The molecule has 1 aromatic rings. The first-order valence-corrected chi connectivity index (χ1v) is 6.57. The van der Waals surface area contributed by atoms with Crippen LogP contribution >= 0.6 is 0 Å². The van der Waals surface area contributed by atoms with Gasteiger partial charge in [-0.2, -0.15) is 0 Å². The number of carbonyl (C=O) groups excluding carboxylic acids is 1. The highest BCUT2D eigenvalue weighted by Gasteiger charge is 2.18. The van der Waals surface area contributed by atoms with Crippen LogP contribution < -0.4 is 5.48 Å². The van der Waals surface area contributed by atoms with Crippen LogP contribution in [0.2, 0.25) is 0 Å². The standard InChI is InChI=1S/C16H21NO3/c1-3-13(2)8-7-11-15(16(18)17-19)20-12-14-9-5-4-6-10-14/h3-6,9-10,15,19H,1-2,7-8,11-12H2,(H,17,18). The van der Waals surface area contributed by atoms with Crippen LogP contribution in [-0.2, 0) is 16.1 Å². The van der Waals surface area contributed by atoms with Crippen LogP contribution in [0.15, 0.2) is 55.1 Å².